The third kappa shape index (κ3) is 5.40. The molecule has 0 spiro atoms. The second-order valence-corrected chi connectivity index (χ2v) is 6.34. The van der Waals surface area contributed by atoms with Crippen LogP contribution in [-0.4, -0.2) is 9.97 Å². The van der Waals surface area contributed by atoms with Crippen LogP contribution in [0.2, 0.25) is 0 Å². The maximum Gasteiger partial charge on any atom is 2.00 e. The molecule has 0 atom stereocenters. The summed E-state index contributed by atoms with van der Waals surface area (Å²) >= 11 is 0. The molecule has 1 fully saturated rings. The van der Waals surface area contributed by atoms with E-state index in [1.807, 2.05) is 12.1 Å². The predicted octanol–water partition coefficient (Wildman–Crippen LogP) is -0.240. The molecule has 4 rings (SSSR count). The molecule has 2 aromatic heterocycles. The standard InChI is InChI=1S/C12H8N2.C10H15.2ClH.Rh/c1-3-9-5-6-10-4-2-8-14-12(10)11(9)13-7-1;1-6-7(2)9(4)10(5)8(6)3;;;/h1-8H;1-5H3;2*1H;/q;;;;+2/p-2. The summed E-state index contributed by atoms with van der Waals surface area (Å²) in [5.74, 6) is 7.34. The molecular formula is C22H23Cl2N2Rh. The SMILES string of the molecule is C[C]1[C](C)[C](C)[C](C)[C]1C.[Cl-].[Cl-].[Rh+2].c1cnc2c(c1)ccc1cccnc12. The molecule has 6 radical (unpaired) electrons. The maximum atomic E-state index is 4.35. The molecular weight excluding hydrogens is 466 g/mol. The third-order valence-electron chi connectivity index (χ3n) is 5.16. The molecule has 2 heterocycles. The van der Waals surface area contributed by atoms with E-state index >= 15 is 0 Å². The molecule has 0 amide bonds. The molecule has 1 saturated carbocycles. The summed E-state index contributed by atoms with van der Waals surface area (Å²) in [6.45, 7) is 11.0. The quantitative estimate of drug-likeness (QED) is 0.322. The molecule has 1 aliphatic rings. The van der Waals surface area contributed by atoms with Crippen LogP contribution in [0.5, 0.6) is 0 Å². The van der Waals surface area contributed by atoms with Gasteiger partial charge in [-0.2, -0.15) is 0 Å². The van der Waals surface area contributed by atoms with Gasteiger partial charge >= 0.3 is 19.5 Å². The van der Waals surface area contributed by atoms with Crippen molar-refractivity contribution in [3.05, 3.63) is 78.4 Å². The van der Waals surface area contributed by atoms with E-state index in [2.05, 4.69) is 68.9 Å². The van der Waals surface area contributed by atoms with Crippen LogP contribution >= 0.6 is 0 Å². The molecule has 3 aromatic rings. The summed E-state index contributed by atoms with van der Waals surface area (Å²) in [4.78, 5) is 8.69. The fraction of sp³-hybridized carbons (Fsp3) is 0.227. The summed E-state index contributed by atoms with van der Waals surface area (Å²) < 4.78 is 0. The van der Waals surface area contributed by atoms with Gasteiger partial charge in [-0.15, -0.1) is 0 Å². The smallest absolute Gasteiger partial charge is 1.00 e. The number of nitrogens with zero attached hydrogens (tertiary/aromatic N) is 2. The van der Waals surface area contributed by atoms with Crippen LogP contribution in [0.25, 0.3) is 21.8 Å². The third-order valence-corrected chi connectivity index (χ3v) is 5.16. The zero-order valence-corrected chi connectivity index (χ0v) is 19.3. The van der Waals surface area contributed by atoms with Gasteiger partial charge in [0.1, 0.15) is 0 Å². The first-order valence-electron chi connectivity index (χ1n) is 8.28. The van der Waals surface area contributed by atoms with Crippen LogP contribution in [-0.2, 0) is 19.5 Å². The van der Waals surface area contributed by atoms with E-state index in [0.29, 0.717) is 0 Å². The van der Waals surface area contributed by atoms with Gasteiger partial charge in [0.2, 0.25) is 0 Å². The van der Waals surface area contributed by atoms with Crippen molar-refractivity contribution < 1.29 is 44.3 Å². The van der Waals surface area contributed by atoms with Gasteiger partial charge in [-0.05, 0) is 41.7 Å². The minimum absolute atomic E-state index is 0. The summed E-state index contributed by atoms with van der Waals surface area (Å²) in [7, 11) is 0. The molecule has 2 nitrogen and oxygen atoms in total. The Hall–Kier alpha value is -0.757. The second-order valence-electron chi connectivity index (χ2n) is 6.34. The van der Waals surface area contributed by atoms with E-state index in [9.17, 15) is 0 Å². The fourth-order valence-corrected chi connectivity index (χ4v) is 3.09. The molecule has 0 unspecified atom stereocenters. The van der Waals surface area contributed by atoms with Crippen LogP contribution in [0.15, 0.2) is 48.8 Å². The topological polar surface area (TPSA) is 25.8 Å². The van der Waals surface area contributed by atoms with Gasteiger partial charge in [-0.25, -0.2) is 0 Å². The minimum atomic E-state index is 0. The Morgan fingerprint density at radius 3 is 1.11 bits per heavy atom. The largest absolute Gasteiger partial charge is 2.00 e. The first-order valence-corrected chi connectivity index (χ1v) is 8.28. The maximum absolute atomic E-state index is 4.35. The normalized spacial score (nSPS) is 16.2. The Bertz CT molecular complexity index is 743. The number of aromatic nitrogens is 2. The number of pyridine rings is 2. The number of hydrogen-bond acceptors (Lipinski definition) is 2. The monoisotopic (exact) mass is 488 g/mol. The van der Waals surface area contributed by atoms with Gasteiger partial charge < -0.3 is 24.8 Å². The van der Waals surface area contributed by atoms with Crippen molar-refractivity contribution in [1.29, 1.82) is 0 Å². The van der Waals surface area contributed by atoms with Gasteiger partial charge in [0.15, 0.2) is 0 Å². The van der Waals surface area contributed by atoms with Gasteiger partial charge in [0, 0.05) is 23.2 Å². The Kier molecular flexibility index (Phi) is 11.0. The Labute approximate surface area is 188 Å². The number of benzene rings is 1. The average molecular weight is 489 g/mol. The van der Waals surface area contributed by atoms with Crippen LogP contribution < -0.4 is 24.8 Å². The van der Waals surface area contributed by atoms with Crippen LogP contribution in [0.4, 0.5) is 0 Å². The van der Waals surface area contributed by atoms with Crippen molar-refractivity contribution in [2.45, 2.75) is 34.6 Å². The van der Waals surface area contributed by atoms with Crippen molar-refractivity contribution in [3.8, 4) is 0 Å². The summed E-state index contributed by atoms with van der Waals surface area (Å²) in [5.41, 5.74) is 1.95. The van der Waals surface area contributed by atoms with E-state index in [1.54, 1.807) is 12.4 Å². The Morgan fingerprint density at radius 1 is 0.519 bits per heavy atom. The Morgan fingerprint density at radius 2 is 0.815 bits per heavy atom. The number of rotatable bonds is 0. The molecule has 144 valence electrons. The summed E-state index contributed by atoms with van der Waals surface area (Å²) in [6.07, 6.45) is 3.60. The zero-order chi connectivity index (χ0) is 17.3. The number of fused-ring (bicyclic) bond motifs is 3. The van der Waals surface area contributed by atoms with Crippen molar-refractivity contribution in [2.75, 3.05) is 0 Å². The molecule has 1 aliphatic carbocycles. The van der Waals surface area contributed by atoms with Crippen LogP contribution in [0, 0.1) is 29.6 Å². The van der Waals surface area contributed by atoms with Gasteiger partial charge in [-0.1, -0.05) is 58.9 Å². The van der Waals surface area contributed by atoms with Gasteiger partial charge in [0.05, 0.1) is 11.0 Å². The Balaban J connectivity index is 0.000000473. The predicted molar refractivity (Wildman–Crippen MR) is 102 cm³/mol. The van der Waals surface area contributed by atoms with Crippen molar-refractivity contribution >= 4 is 21.8 Å². The van der Waals surface area contributed by atoms with E-state index in [-0.39, 0.29) is 44.3 Å². The average Bonchev–Trinajstić information content (AvgIpc) is 2.80. The second kappa shape index (κ2) is 11.3. The van der Waals surface area contributed by atoms with Gasteiger partial charge in [-0.3, -0.25) is 9.97 Å². The molecule has 0 aliphatic heterocycles. The van der Waals surface area contributed by atoms with Gasteiger partial charge in [0.25, 0.3) is 0 Å². The van der Waals surface area contributed by atoms with Crippen molar-refractivity contribution in [2.24, 2.45) is 0 Å². The number of hydrogen-bond donors (Lipinski definition) is 0. The first kappa shape index (κ1) is 26.2. The van der Waals surface area contributed by atoms with Crippen molar-refractivity contribution in [3.63, 3.8) is 0 Å². The van der Waals surface area contributed by atoms with Crippen LogP contribution in [0.1, 0.15) is 34.6 Å². The zero-order valence-electron chi connectivity index (χ0n) is 16.1. The summed E-state index contributed by atoms with van der Waals surface area (Å²) in [5, 5.41) is 2.28. The van der Waals surface area contributed by atoms with E-state index in [1.165, 1.54) is 29.6 Å². The summed E-state index contributed by atoms with van der Waals surface area (Å²) in [6, 6.07) is 12.1. The fourth-order valence-electron chi connectivity index (χ4n) is 3.09. The van der Waals surface area contributed by atoms with E-state index < -0.39 is 0 Å². The van der Waals surface area contributed by atoms with E-state index in [4.69, 9.17) is 0 Å². The molecule has 0 saturated heterocycles. The number of halogens is 2. The molecule has 0 N–H and O–H groups in total. The van der Waals surface area contributed by atoms with E-state index in [0.717, 1.165) is 21.8 Å². The minimum Gasteiger partial charge on any atom is -1.00 e. The van der Waals surface area contributed by atoms with Crippen molar-refractivity contribution in [1.82, 2.24) is 9.97 Å². The first-order chi connectivity index (χ1) is 11.5. The molecule has 0 bridgehead atoms. The molecule has 27 heavy (non-hydrogen) atoms. The molecule has 1 aromatic carbocycles. The molecule has 5 heteroatoms. The van der Waals surface area contributed by atoms with Crippen LogP contribution in [0.3, 0.4) is 0 Å².